The fourth-order valence-electron chi connectivity index (χ4n) is 2.35. The first-order valence-electron chi connectivity index (χ1n) is 6.04. The Labute approximate surface area is 96.6 Å². The Morgan fingerprint density at radius 3 is 2.81 bits per heavy atom. The molecule has 1 aliphatic rings. The molecule has 90 valence electrons. The van der Waals surface area contributed by atoms with Crippen molar-refractivity contribution in [1.82, 2.24) is 5.32 Å². The van der Waals surface area contributed by atoms with Crippen molar-refractivity contribution in [2.24, 2.45) is 11.8 Å². The van der Waals surface area contributed by atoms with Gasteiger partial charge in [0.15, 0.2) is 0 Å². The third-order valence-corrected chi connectivity index (χ3v) is 3.42. The van der Waals surface area contributed by atoms with E-state index in [0.717, 1.165) is 32.1 Å². The van der Waals surface area contributed by atoms with Crippen LogP contribution in [0.2, 0.25) is 0 Å². The van der Waals surface area contributed by atoms with E-state index in [9.17, 15) is 4.79 Å². The molecule has 4 nitrogen and oxygen atoms in total. The van der Waals surface area contributed by atoms with Crippen LogP contribution in [0.1, 0.15) is 39.0 Å². The van der Waals surface area contributed by atoms with Crippen LogP contribution in [0.3, 0.4) is 0 Å². The standard InChI is InChI=1S/C12H20N2O2/c1-2-10(7-13)14-8-9-5-3-4-6-11(9)12(15)16/h9-11,14H,2-6,8H2,1H3,(H,15,16). The van der Waals surface area contributed by atoms with Crippen molar-refractivity contribution in [3.8, 4) is 6.07 Å². The van der Waals surface area contributed by atoms with Crippen molar-refractivity contribution in [2.45, 2.75) is 45.1 Å². The van der Waals surface area contributed by atoms with Crippen molar-refractivity contribution in [2.75, 3.05) is 6.54 Å². The predicted octanol–water partition coefficient (Wildman–Crippen LogP) is 1.77. The van der Waals surface area contributed by atoms with Crippen LogP contribution in [0.25, 0.3) is 0 Å². The third-order valence-electron chi connectivity index (χ3n) is 3.42. The van der Waals surface area contributed by atoms with E-state index in [4.69, 9.17) is 10.4 Å². The summed E-state index contributed by atoms with van der Waals surface area (Å²) in [6, 6.07) is 2.03. The Morgan fingerprint density at radius 2 is 2.25 bits per heavy atom. The van der Waals surface area contributed by atoms with Crippen molar-refractivity contribution >= 4 is 5.97 Å². The van der Waals surface area contributed by atoms with Gasteiger partial charge in [-0.25, -0.2) is 0 Å². The number of hydrogen-bond donors (Lipinski definition) is 2. The minimum atomic E-state index is -0.684. The largest absolute Gasteiger partial charge is 0.481 e. The van der Waals surface area contributed by atoms with Gasteiger partial charge in [0.1, 0.15) is 0 Å². The van der Waals surface area contributed by atoms with Crippen molar-refractivity contribution in [3.63, 3.8) is 0 Å². The highest BCUT2D eigenvalue weighted by Gasteiger charge is 2.30. The van der Waals surface area contributed by atoms with Crippen LogP contribution < -0.4 is 5.32 Å². The molecule has 1 aliphatic carbocycles. The lowest BCUT2D eigenvalue weighted by molar-refractivity contribution is -0.144. The maximum absolute atomic E-state index is 11.1. The second-order valence-corrected chi connectivity index (χ2v) is 4.49. The molecule has 16 heavy (non-hydrogen) atoms. The van der Waals surface area contributed by atoms with Gasteiger partial charge in [-0.3, -0.25) is 4.79 Å². The van der Waals surface area contributed by atoms with Gasteiger partial charge in [-0.2, -0.15) is 5.26 Å². The van der Waals surface area contributed by atoms with E-state index in [1.165, 1.54) is 0 Å². The molecular formula is C12H20N2O2. The third kappa shape index (κ3) is 3.49. The lowest BCUT2D eigenvalue weighted by Gasteiger charge is -2.29. The molecule has 0 spiro atoms. The first-order valence-corrected chi connectivity index (χ1v) is 6.04. The Morgan fingerprint density at radius 1 is 1.56 bits per heavy atom. The van der Waals surface area contributed by atoms with Crippen LogP contribution in [-0.4, -0.2) is 23.7 Å². The van der Waals surface area contributed by atoms with Crippen LogP contribution in [0.15, 0.2) is 0 Å². The van der Waals surface area contributed by atoms with Gasteiger partial charge in [-0.05, 0) is 31.7 Å². The maximum atomic E-state index is 11.1. The minimum Gasteiger partial charge on any atom is -0.481 e. The highest BCUT2D eigenvalue weighted by molar-refractivity contribution is 5.70. The maximum Gasteiger partial charge on any atom is 0.306 e. The van der Waals surface area contributed by atoms with E-state index in [1.807, 2.05) is 6.92 Å². The van der Waals surface area contributed by atoms with E-state index in [1.54, 1.807) is 0 Å². The number of carboxylic acid groups (broad SMARTS) is 1. The van der Waals surface area contributed by atoms with Crippen molar-refractivity contribution in [1.29, 1.82) is 5.26 Å². The lowest BCUT2D eigenvalue weighted by Crippen LogP contribution is -2.38. The number of rotatable bonds is 5. The predicted molar refractivity (Wildman–Crippen MR) is 60.8 cm³/mol. The fourth-order valence-corrected chi connectivity index (χ4v) is 2.35. The zero-order valence-corrected chi connectivity index (χ0v) is 9.78. The topological polar surface area (TPSA) is 73.1 Å². The van der Waals surface area contributed by atoms with Gasteiger partial charge in [0, 0.05) is 0 Å². The van der Waals surface area contributed by atoms with Crippen LogP contribution >= 0.6 is 0 Å². The molecule has 1 saturated carbocycles. The number of nitrogens with one attached hydrogen (secondary N) is 1. The summed E-state index contributed by atoms with van der Waals surface area (Å²) in [6.45, 7) is 2.61. The first-order chi connectivity index (χ1) is 7.69. The summed E-state index contributed by atoms with van der Waals surface area (Å²) in [4.78, 5) is 11.1. The van der Waals surface area contributed by atoms with E-state index in [0.29, 0.717) is 6.54 Å². The van der Waals surface area contributed by atoms with Gasteiger partial charge in [-0.15, -0.1) is 0 Å². The molecule has 3 unspecified atom stereocenters. The highest BCUT2D eigenvalue weighted by atomic mass is 16.4. The summed E-state index contributed by atoms with van der Waals surface area (Å²) in [5, 5.41) is 21.0. The zero-order valence-electron chi connectivity index (χ0n) is 9.78. The number of carbonyl (C=O) groups is 1. The smallest absolute Gasteiger partial charge is 0.306 e. The molecule has 1 fully saturated rings. The average Bonchev–Trinajstić information content (AvgIpc) is 2.30. The van der Waals surface area contributed by atoms with Crippen LogP contribution in [-0.2, 0) is 4.79 Å². The molecular weight excluding hydrogens is 204 g/mol. The van der Waals surface area contributed by atoms with Crippen LogP contribution in [0.4, 0.5) is 0 Å². The number of nitriles is 1. The molecule has 0 heterocycles. The molecule has 0 aromatic carbocycles. The molecule has 3 atom stereocenters. The summed E-state index contributed by atoms with van der Waals surface area (Å²) >= 11 is 0. The molecule has 0 aliphatic heterocycles. The Hall–Kier alpha value is -1.08. The van der Waals surface area contributed by atoms with E-state index in [-0.39, 0.29) is 17.9 Å². The van der Waals surface area contributed by atoms with E-state index in [2.05, 4.69) is 11.4 Å². The quantitative estimate of drug-likeness (QED) is 0.746. The molecule has 0 radical (unpaired) electrons. The summed E-state index contributed by atoms with van der Waals surface area (Å²) in [5.41, 5.74) is 0. The van der Waals surface area contributed by atoms with Gasteiger partial charge in [0.2, 0.25) is 0 Å². The van der Waals surface area contributed by atoms with Crippen molar-refractivity contribution in [3.05, 3.63) is 0 Å². The van der Waals surface area contributed by atoms with Gasteiger partial charge in [0.05, 0.1) is 18.0 Å². The van der Waals surface area contributed by atoms with Crippen LogP contribution in [0.5, 0.6) is 0 Å². The molecule has 1 rings (SSSR count). The molecule has 0 amide bonds. The lowest BCUT2D eigenvalue weighted by atomic mass is 9.79. The molecule has 0 aromatic rings. The second-order valence-electron chi connectivity index (χ2n) is 4.49. The zero-order chi connectivity index (χ0) is 12.0. The molecule has 0 saturated heterocycles. The van der Waals surface area contributed by atoms with Gasteiger partial charge >= 0.3 is 5.97 Å². The summed E-state index contributed by atoms with van der Waals surface area (Å²) in [5.74, 6) is -0.720. The fraction of sp³-hybridized carbons (Fsp3) is 0.833. The number of carboxylic acids is 1. The monoisotopic (exact) mass is 224 g/mol. The Bertz CT molecular complexity index is 273. The normalized spacial score (nSPS) is 27.0. The summed E-state index contributed by atoms with van der Waals surface area (Å²) in [7, 11) is 0. The van der Waals surface area contributed by atoms with Gasteiger partial charge in [0.25, 0.3) is 0 Å². The Balaban J connectivity index is 2.44. The van der Waals surface area contributed by atoms with E-state index < -0.39 is 5.97 Å². The SMILES string of the molecule is CCC(C#N)NCC1CCCCC1C(=O)O. The van der Waals surface area contributed by atoms with Gasteiger partial charge in [-0.1, -0.05) is 19.8 Å². The first kappa shape index (κ1) is 13.0. The second kappa shape index (κ2) is 6.49. The molecule has 2 N–H and O–H groups in total. The average molecular weight is 224 g/mol. The molecule has 4 heteroatoms. The Kier molecular flexibility index (Phi) is 5.27. The summed E-state index contributed by atoms with van der Waals surface area (Å²) < 4.78 is 0. The minimum absolute atomic E-state index is 0.142. The van der Waals surface area contributed by atoms with Crippen LogP contribution in [0, 0.1) is 23.2 Å². The summed E-state index contributed by atoms with van der Waals surface area (Å²) in [6.07, 6.45) is 4.64. The molecule has 0 aromatic heterocycles. The van der Waals surface area contributed by atoms with E-state index >= 15 is 0 Å². The molecule has 0 bridgehead atoms. The number of hydrogen-bond acceptors (Lipinski definition) is 3. The number of nitrogens with zero attached hydrogens (tertiary/aromatic N) is 1. The highest BCUT2D eigenvalue weighted by Crippen LogP contribution is 2.29. The van der Waals surface area contributed by atoms with Gasteiger partial charge < -0.3 is 10.4 Å². The number of aliphatic carboxylic acids is 1. The van der Waals surface area contributed by atoms with Crippen molar-refractivity contribution < 1.29 is 9.90 Å².